The molecule has 2 heterocycles. The molecule has 0 bridgehead atoms. The van der Waals surface area contributed by atoms with Crippen molar-refractivity contribution in [2.75, 3.05) is 0 Å². The number of fused-ring (bicyclic) bond motifs is 1. The Balaban J connectivity index is 2.10. The molecule has 1 amide bonds. The number of unbranched alkanes of at least 4 members (excludes halogenated alkanes) is 1. The molecule has 2 aromatic heterocycles. The van der Waals surface area contributed by atoms with Gasteiger partial charge in [0.1, 0.15) is 4.70 Å². The van der Waals surface area contributed by atoms with Crippen molar-refractivity contribution in [3.63, 3.8) is 0 Å². The van der Waals surface area contributed by atoms with Crippen molar-refractivity contribution in [2.24, 2.45) is 5.84 Å². The molecule has 0 aliphatic heterocycles. The van der Waals surface area contributed by atoms with Crippen LogP contribution in [0.2, 0.25) is 0 Å². The van der Waals surface area contributed by atoms with E-state index in [2.05, 4.69) is 10.4 Å². The van der Waals surface area contributed by atoms with Gasteiger partial charge in [0.05, 0.1) is 5.52 Å². The lowest BCUT2D eigenvalue weighted by molar-refractivity contribution is -0.121. The Hall–Kier alpha value is -1.51. The van der Waals surface area contributed by atoms with E-state index in [4.69, 9.17) is 18.1 Å². The maximum absolute atomic E-state index is 12.2. The molecule has 0 aromatic carbocycles. The highest BCUT2D eigenvalue weighted by Crippen LogP contribution is 2.14. The minimum Gasteiger partial charge on any atom is -0.331 e. The SMILES string of the molecule is NNC(=O)CCCCn1c(=S)[nH]c2ccsc2c1=O. The molecule has 4 N–H and O–H groups in total. The van der Waals surface area contributed by atoms with E-state index in [0.29, 0.717) is 35.3 Å². The molecule has 102 valence electrons. The van der Waals surface area contributed by atoms with Gasteiger partial charge >= 0.3 is 0 Å². The lowest BCUT2D eigenvalue weighted by Gasteiger charge is -2.06. The maximum Gasteiger partial charge on any atom is 0.272 e. The summed E-state index contributed by atoms with van der Waals surface area (Å²) in [7, 11) is 0. The van der Waals surface area contributed by atoms with Crippen LogP contribution in [-0.4, -0.2) is 15.5 Å². The van der Waals surface area contributed by atoms with Gasteiger partial charge in [-0.3, -0.25) is 19.6 Å². The van der Waals surface area contributed by atoms with Gasteiger partial charge in [-0.15, -0.1) is 11.3 Å². The van der Waals surface area contributed by atoms with Crippen molar-refractivity contribution in [2.45, 2.75) is 25.8 Å². The average Bonchev–Trinajstić information content (AvgIpc) is 2.85. The first kappa shape index (κ1) is 13.9. The fourth-order valence-corrected chi connectivity index (χ4v) is 2.88. The van der Waals surface area contributed by atoms with Crippen LogP contribution in [0.4, 0.5) is 0 Å². The number of nitrogens with one attached hydrogen (secondary N) is 2. The number of nitrogens with zero attached hydrogens (tertiary/aromatic N) is 1. The van der Waals surface area contributed by atoms with Crippen molar-refractivity contribution >= 4 is 39.7 Å². The first-order chi connectivity index (χ1) is 9.13. The minimum absolute atomic E-state index is 0.0722. The zero-order valence-corrected chi connectivity index (χ0v) is 11.8. The predicted molar refractivity (Wildman–Crippen MR) is 77.5 cm³/mol. The first-order valence-corrected chi connectivity index (χ1v) is 7.12. The van der Waals surface area contributed by atoms with Gasteiger partial charge in [0.15, 0.2) is 4.77 Å². The van der Waals surface area contributed by atoms with Crippen molar-refractivity contribution in [1.82, 2.24) is 15.0 Å². The second-order valence-electron chi connectivity index (χ2n) is 4.07. The molecule has 0 saturated carbocycles. The van der Waals surface area contributed by atoms with Crippen LogP contribution in [0, 0.1) is 4.77 Å². The highest BCUT2D eigenvalue weighted by molar-refractivity contribution is 7.71. The number of thiophene rings is 1. The number of H-pyrrole nitrogens is 1. The van der Waals surface area contributed by atoms with Crippen LogP contribution < -0.4 is 16.8 Å². The zero-order valence-electron chi connectivity index (χ0n) is 10.1. The third-order valence-electron chi connectivity index (χ3n) is 2.79. The van der Waals surface area contributed by atoms with E-state index < -0.39 is 0 Å². The Morgan fingerprint density at radius 3 is 3.05 bits per heavy atom. The molecule has 8 heteroatoms. The van der Waals surface area contributed by atoms with E-state index in [1.165, 1.54) is 15.9 Å². The number of amides is 1. The third kappa shape index (κ3) is 3.09. The molecule has 2 aromatic rings. The van der Waals surface area contributed by atoms with Gasteiger partial charge in [-0.2, -0.15) is 0 Å². The molecule has 6 nitrogen and oxygen atoms in total. The maximum atomic E-state index is 12.2. The summed E-state index contributed by atoms with van der Waals surface area (Å²) < 4.78 is 2.63. The molecular weight excluding hydrogens is 284 g/mol. The highest BCUT2D eigenvalue weighted by atomic mass is 32.1. The van der Waals surface area contributed by atoms with E-state index in [1.54, 1.807) is 0 Å². The summed E-state index contributed by atoms with van der Waals surface area (Å²) in [6, 6.07) is 1.84. The van der Waals surface area contributed by atoms with Crippen LogP contribution in [0.25, 0.3) is 10.2 Å². The van der Waals surface area contributed by atoms with E-state index in [1.807, 2.05) is 11.4 Å². The number of hydrogen-bond acceptors (Lipinski definition) is 5. The Morgan fingerprint density at radius 1 is 1.53 bits per heavy atom. The molecule has 0 unspecified atom stereocenters. The quantitative estimate of drug-likeness (QED) is 0.255. The molecule has 19 heavy (non-hydrogen) atoms. The summed E-state index contributed by atoms with van der Waals surface area (Å²) in [5, 5.41) is 1.85. The van der Waals surface area contributed by atoms with Crippen molar-refractivity contribution in [1.29, 1.82) is 0 Å². The van der Waals surface area contributed by atoms with Crippen LogP contribution in [0.5, 0.6) is 0 Å². The average molecular weight is 298 g/mol. The number of rotatable bonds is 5. The second kappa shape index (κ2) is 6.09. The lowest BCUT2D eigenvalue weighted by Crippen LogP contribution is -2.29. The van der Waals surface area contributed by atoms with Crippen LogP contribution in [-0.2, 0) is 11.3 Å². The Morgan fingerprint density at radius 2 is 2.32 bits per heavy atom. The van der Waals surface area contributed by atoms with E-state index in [0.717, 1.165) is 5.52 Å². The fourth-order valence-electron chi connectivity index (χ4n) is 1.80. The highest BCUT2D eigenvalue weighted by Gasteiger charge is 2.06. The van der Waals surface area contributed by atoms with Gasteiger partial charge in [-0.25, -0.2) is 5.84 Å². The van der Waals surface area contributed by atoms with Crippen molar-refractivity contribution < 1.29 is 4.79 Å². The molecule has 0 saturated heterocycles. The van der Waals surface area contributed by atoms with E-state index in [-0.39, 0.29) is 11.5 Å². The van der Waals surface area contributed by atoms with E-state index >= 15 is 0 Å². The molecule has 0 atom stereocenters. The molecular formula is C11H14N4O2S2. The topological polar surface area (TPSA) is 92.9 Å². The van der Waals surface area contributed by atoms with Gasteiger partial charge in [0.25, 0.3) is 5.56 Å². The largest absolute Gasteiger partial charge is 0.331 e. The van der Waals surface area contributed by atoms with Gasteiger partial charge in [0.2, 0.25) is 5.91 Å². The molecule has 0 aliphatic rings. The standard InChI is InChI=1S/C11H14N4O2S2/c12-14-8(16)3-1-2-5-15-10(17)9-7(4-6-19-9)13-11(15)18/h4,6H,1-3,5,12H2,(H,13,18)(H,14,16). The smallest absolute Gasteiger partial charge is 0.272 e. The lowest BCUT2D eigenvalue weighted by atomic mass is 10.2. The van der Waals surface area contributed by atoms with Gasteiger partial charge in [0, 0.05) is 13.0 Å². The number of hydrogen-bond donors (Lipinski definition) is 3. The van der Waals surface area contributed by atoms with Crippen LogP contribution in [0.1, 0.15) is 19.3 Å². The van der Waals surface area contributed by atoms with Gasteiger partial charge in [-0.1, -0.05) is 0 Å². The van der Waals surface area contributed by atoms with Crippen LogP contribution >= 0.6 is 23.6 Å². The normalized spacial score (nSPS) is 10.8. The van der Waals surface area contributed by atoms with Gasteiger partial charge in [-0.05, 0) is 36.5 Å². The van der Waals surface area contributed by atoms with Crippen LogP contribution in [0.15, 0.2) is 16.2 Å². The molecule has 0 fully saturated rings. The number of aromatic amines is 1. The summed E-state index contributed by atoms with van der Waals surface area (Å²) in [5.41, 5.74) is 2.78. The predicted octanol–water partition coefficient (Wildman–Crippen LogP) is 1.28. The monoisotopic (exact) mass is 298 g/mol. The molecule has 0 spiro atoms. The number of aromatic nitrogens is 2. The number of carbonyl (C=O) groups is 1. The number of hydrazine groups is 1. The van der Waals surface area contributed by atoms with Crippen LogP contribution in [0.3, 0.4) is 0 Å². The first-order valence-electron chi connectivity index (χ1n) is 5.83. The van der Waals surface area contributed by atoms with E-state index in [9.17, 15) is 9.59 Å². The number of carbonyl (C=O) groups excluding carboxylic acids is 1. The summed E-state index contributed by atoms with van der Waals surface area (Å²) in [6.45, 7) is 0.500. The second-order valence-corrected chi connectivity index (χ2v) is 5.38. The summed E-state index contributed by atoms with van der Waals surface area (Å²) in [5.74, 6) is 4.79. The third-order valence-corrected chi connectivity index (χ3v) is 4.01. The molecule has 2 rings (SSSR count). The van der Waals surface area contributed by atoms with Gasteiger partial charge < -0.3 is 4.98 Å². The Kier molecular flexibility index (Phi) is 4.46. The summed E-state index contributed by atoms with van der Waals surface area (Å²) in [6.07, 6.45) is 1.71. The summed E-state index contributed by atoms with van der Waals surface area (Å²) in [4.78, 5) is 26.2. The zero-order chi connectivity index (χ0) is 13.8. The summed E-state index contributed by atoms with van der Waals surface area (Å²) >= 11 is 6.56. The van der Waals surface area contributed by atoms with Crippen molar-refractivity contribution in [3.05, 3.63) is 26.6 Å². The Labute approximate surface area is 118 Å². The number of nitrogens with two attached hydrogens (primary N) is 1. The van der Waals surface area contributed by atoms with Crippen molar-refractivity contribution in [3.8, 4) is 0 Å². The Bertz CT molecular complexity index is 701. The molecule has 0 aliphatic carbocycles. The molecule has 0 radical (unpaired) electrons. The fraction of sp³-hybridized carbons (Fsp3) is 0.364. The minimum atomic E-state index is -0.203.